The van der Waals surface area contributed by atoms with E-state index >= 15 is 4.39 Å². The SMILES string of the molecule is Cc1cc(/C=C/C(=O)N2CCC(Nc3nc(OC[C@@]45CCCN4C[C@H](F)C5)nc4c(F)c(-c5cccc6cccc(Cl)c56)ncc34)C2)nc(C)n1. The molecule has 3 fully saturated rings. The molecule has 3 atom stereocenters. The number of aryl methyl sites for hydroxylation is 2. The maximum Gasteiger partial charge on any atom is 0.319 e. The molecule has 5 aromatic rings. The highest BCUT2D eigenvalue weighted by molar-refractivity contribution is 6.36. The number of ether oxygens (including phenoxy) is 1. The lowest BCUT2D eigenvalue weighted by molar-refractivity contribution is -0.124. The Balaban J connectivity index is 1.11. The lowest BCUT2D eigenvalue weighted by Gasteiger charge is -2.30. The minimum absolute atomic E-state index is 0.00941. The van der Waals surface area contributed by atoms with Crippen LogP contribution in [-0.2, 0) is 4.79 Å². The molecule has 6 heterocycles. The molecular weight excluding hydrogens is 674 g/mol. The smallest absolute Gasteiger partial charge is 0.319 e. The van der Waals surface area contributed by atoms with Gasteiger partial charge in [0.25, 0.3) is 0 Å². The quantitative estimate of drug-likeness (QED) is 0.176. The van der Waals surface area contributed by atoms with Crippen LogP contribution in [0.1, 0.15) is 42.9 Å². The van der Waals surface area contributed by atoms with Crippen molar-refractivity contribution in [3.8, 4) is 17.3 Å². The van der Waals surface area contributed by atoms with Gasteiger partial charge in [0.2, 0.25) is 5.91 Å². The van der Waals surface area contributed by atoms with Gasteiger partial charge >= 0.3 is 6.01 Å². The van der Waals surface area contributed by atoms with Gasteiger partial charge in [-0.25, -0.2) is 18.7 Å². The summed E-state index contributed by atoms with van der Waals surface area (Å²) in [6.07, 6.45) is 6.66. The zero-order valence-corrected chi connectivity index (χ0v) is 29.1. The number of alkyl halides is 1. The number of halogens is 3. The van der Waals surface area contributed by atoms with E-state index in [1.54, 1.807) is 29.3 Å². The summed E-state index contributed by atoms with van der Waals surface area (Å²) < 4.78 is 37.5. The van der Waals surface area contributed by atoms with Gasteiger partial charge in [-0.15, -0.1) is 0 Å². The molecule has 3 aliphatic heterocycles. The topological polar surface area (TPSA) is 109 Å². The molecule has 262 valence electrons. The second kappa shape index (κ2) is 13.4. The molecule has 1 unspecified atom stereocenters. The van der Waals surface area contributed by atoms with Crippen LogP contribution in [0.5, 0.6) is 6.01 Å². The van der Waals surface area contributed by atoms with Crippen LogP contribution in [0.25, 0.3) is 39.0 Å². The number of likely N-dealkylation sites (tertiary alicyclic amines) is 1. The largest absolute Gasteiger partial charge is 0.461 e. The summed E-state index contributed by atoms with van der Waals surface area (Å²) in [5.41, 5.74) is 1.74. The summed E-state index contributed by atoms with van der Waals surface area (Å²) in [6, 6.07) is 12.7. The van der Waals surface area contributed by atoms with Crippen molar-refractivity contribution in [1.82, 2.24) is 34.7 Å². The molecule has 13 heteroatoms. The second-order valence-corrected chi connectivity index (χ2v) is 14.2. The fraction of sp³-hybridized carbons (Fsp3) is 0.368. The Kier molecular flexibility index (Phi) is 8.75. The molecule has 0 spiro atoms. The van der Waals surface area contributed by atoms with Gasteiger partial charge in [-0.1, -0.05) is 41.9 Å². The van der Waals surface area contributed by atoms with Crippen LogP contribution in [0.15, 0.2) is 54.7 Å². The van der Waals surface area contributed by atoms with Crippen LogP contribution >= 0.6 is 11.6 Å². The highest BCUT2D eigenvalue weighted by atomic mass is 35.5. The Bertz CT molecular complexity index is 2180. The predicted molar refractivity (Wildman–Crippen MR) is 193 cm³/mol. The number of hydrogen-bond acceptors (Lipinski definition) is 9. The van der Waals surface area contributed by atoms with Crippen molar-refractivity contribution < 1.29 is 18.3 Å². The van der Waals surface area contributed by atoms with E-state index in [1.807, 2.05) is 44.2 Å². The van der Waals surface area contributed by atoms with Crippen LogP contribution in [0.2, 0.25) is 5.02 Å². The third kappa shape index (κ3) is 6.46. The number of nitrogens with zero attached hydrogens (tertiary/aromatic N) is 7. The first-order valence-corrected chi connectivity index (χ1v) is 17.7. The number of nitrogens with one attached hydrogen (secondary N) is 1. The van der Waals surface area contributed by atoms with Crippen molar-refractivity contribution in [3.63, 3.8) is 0 Å². The van der Waals surface area contributed by atoms with Gasteiger partial charge in [0, 0.05) is 66.0 Å². The van der Waals surface area contributed by atoms with E-state index in [4.69, 9.17) is 21.3 Å². The summed E-state index contributed by atoms with van der Waals surface area (Å²) in [7, 11) is 0. The summed E-state index contributed by atoms with van der Waals surface area (Å²) in [5, 5.41) is 5.84. The number of fused-ring (bicyclic) bond motifs is 3. The lowest BCUT2D eigenvalue weighted by Crippen LogP contribution is -2.43. The monoisotopic (exact) mass is 710 g/mol. The van der Waals surface area contributed by atoms with Gasteiger partial charge in [-0.2, -0.15) is 9.97 Å². The average Bonchev–Trinajstić information content (AvgIpc) is 3.81. The Labute approximate surface area is 298 Å². The third-order valence-corrected chi connectivity index (χ3v) is 10.5. The van der Waals surface area contributed by atoms with Gasteiger partial charge < -0.3 is 15.0 Å². The molecule has 0 bridgehead atoms. The molecule has 10 nitrogen and oxygen atoms in total. The number of anilines is 1. The molecular formula is C38H37ClF2N8O2. The predicted octanol–water partition coefficient (Wildman–Crippen LogP) is 6.73. The Morgan fingerprint density at radius 3 is 2.80 bits per heavy atom. The first-order valence-electron chi connectivity index (χ1n) is 17.3. The molecule has 51 heavy (non-hydrogen) atoms. The second-order valence-electron chi connectivity index (χ2n) is 13.8. The number of carbonyl (C=O) groups excluding carboxylic acids is 1. The van der Waals surface area contributed by atoms with Gasteiger partial charge in [0.05, 0.1) is 16.6 Å². The minimum Gasteiger partial charge on any atom is -0.461 e. The summed E-state index contributed by atoms with van der Waals surface area (Å²) in [5.74, 6) is 0.214. The Hall–Kier alpha value is -4.81. The molecule has 1 N–H and O–H groups in total. The van der Waals surface area contributed by atoms with Crippen LogP contribution < -0.4 is 10.1 Å². The number of hydrogen-bond donors (Lipinski definition) is 1. The molecule has 3 saturated heterocycles. The first kappa shape index (κ1) is 33.3. The van der Waals surface area contributed by atoms with Crippen molar-refractivity contribution in [2.45, 2.75) is 57.3 Å². The Morgan fingerprint density at radius 2 is 1.96 bits per heavy atom. The van der Waals surface area contributed by atoms with Crippen molar-refractivity contribution >= 4 is 51.1 Å². The van der Waals surface area contributed by atoms with E-state index in [-0.39, 0.29) is 35.8 Å². The van der Waals surface area contributed by atoms with E-state index in [1.165, 1.54) is 6.08 Å². The van der Waals surface area contributed by atoms with Gasteiger partial charge in [0.15, 0.2) is 5.82 Å². The number of aromatic nitrogens is 5. The van der Waals surface area contributed by atoms with Crippen LogP contribution in [0.4, 0.5) is 14.6 Å². The number of benzene rings is 2. The summed E-state index contributed by atoms with van der Waals surface area (Å²) in [6.45, 7) is 6.03. The average molecular weight is 711 g/mol. The molecule has 8 rings (SSSR count). The molecule has 2 aromatic carbocycles. The van der Waals surface area contributed by atoms with Crippen LogP contribution in [0, 0.1) is 19.7 Å². The standard InChI is InChI=1S/C38H37ClF2N8O2/c1-22-16-26(44-23(2)43-22)10-11-31(50)48-15-12-27(20-48)45-36-29-18-42-34(28-8-3-6-24-7-4-9-30(39)32(24)28)33(41)35(29)46-37(47-36)51-21-38-13-5-14-49(38)19-25(40)17-38/h3-4,6-11,16,18,25,27H,5,12-15,17,19-21H2,1-2H3,(H,45,46,47)/b11-10+/t25-,27?,38+/m1/s1. The highest BCUT2D eigenvalue weighted by Gasteiger charge is 2.49. The van der Waals surface area contributed by atoms with E-state index in [2.05, 4.69) is 30.2 Å². The molecule has 3 aromatic heterocycles. The number of amides is 1. The fourth-order valence-electron chi connectivity index (χ4n) is 7.90. The minimum atomic E-state index is -0.917. The molecule has 3 aliphatic rings. The molecule has 0 aliphatic carbocycles. The molecule has 1 amide bonds. The van der Waals surface area contributed by atoms with Gasteiger partial charge in [-0.05, 0) is 63.2 Å². The van der Waals surface area contributed by atoms with E-state index < -0.39 is 17.5 Å². The van der Waals surface area contributed by atoms with Gasteiger partial charge in [0.1, 0.15) is 35.6 Å². The zero-order valence-electron chi connectivity index (χ0n) is 28.4. The van der Waals surface area contributed by atoms with Crippen molar-refractivity contribution in [3.05, 3.63) is 82.8 Å². The number of rotatable bonds is 8. The van der Waals surface area contributed by atoms with E-state index in [0.717, 1.165) is 30.5 Å². The normalized spacial score (nSPS) is 22.0. The first-order chi connectivity index (χ1) is 24.7. The maximum atomic E-state index is 16.7. The Morgan fingerprint density at radius 1 is 1.12 bits per heavy atom. The van der Waals surface area contributed by atoms with Crippen molar-refractivity contribution in [2.24, 2.45) is 0 Å². The van der Waals surface area contributed by atoms with E-state index in [9.17, 15) is 9.18 Å². The maximum absolute atomic E-state index is 16.7. The summed E-state index contributed by atoms with van der Waals surface area (Å²) >= 11 is 6.61. The number of pyridine rings is 1. The van der Waals surface area contributed by atoms with Crippen molar-refractivity contribution in [1.29, 1.82) is 0 Å². The lowest BCUT2D eigenvalue weighted by atomic mass is 9.95. The highest BCUT2D eigenvalue weighted by Crippen LogP contribution is 2.41. The van der Waals surface area contributed by atoms with Gasteiger partial charge in [-0.3, -0.25) is 14.7 Å². The number of carbonyl (C=O) groups is 1. The van der Waals surface area contributed by atoms with Crippen LogP contribution in [0.3, 0.4) is 0 Å². The third-order valence-electron chi connectivity index (χ3n) is 10.2. The fourth-order valence-corrected chi connectivity index (χ4v) is 8.19. The molecule has 0 saturated carbocycles. The van der Waals surface area contributed by atoms with E-state index in [0.29, 0.717) is 71.2 Å². The molecule has 0 radical (unpaired) electrons. The zero-order chi connectivity index (χ0) is 35.3. The van der Waals surface area contributed by atoms with Crippen molar-refractivity contribution in [2.75, 3.05) is 38.1 Å². The summed E-state index contributed by atoms with van der Waals surface area (Å²) in [4.78, 5) is 39.6. The van der Waals surface area contributed by atoms with Crippen LogP contribution in [-0.4, -0.2) is 91.2 Å².